The summed E-state index contributed by atoms with van der Waals surface area (Å²) in [5.41, 5.74) is 7.45. The van der Waals surface area contributed by atoms with Crippen molar-refractivity contribution < 1.29 is 4.74 Å². The summed E-state index contributed by atoms with van der Waals surface area (Å²) in [6.45, 7) is 0. The summed E-state index contributed by atoms with van der Waals surface area (Å²) in [6.07, 6.45) is 1.72. The molecule has 0 radical (unpaired) electrons. The van der Waals surface area contributed by atoms with E-state index < -0.39 is 0 Å². The van der Waals surface area contributed by atoms with E-state index in [1.807, 2.05) is 18.2 Å². The monoisotopic (exact) mass is 304 g/mol. The lowest BCUT2D eigenvalue weighted by Crippen LogP contribution is -1.94. The summed E-state index contributed by atoms with van der Waals surface area (Å²) < 4.78 is 5.76. The van der Waals surface area contributed by atoms with E-state index in [1.54, 1.807) is 30.5 Å². The quantitative estimate of drug-likeness (QED) is 0.684. The van der Waals surface area contributed by atoms with Crippen LogP contribution in [0.2, 0.25) is 10.0 Å². The van der Waals surface area contributed by atoms with Crippen molar-refractivity contribution in [2.45, 2.75) is 0 Å². The van der Waals surface area contributed by atoms with E-state index in [9.17, 15) is 0 Å². The highest BCUT2D eigenvalue weighted by atomic mass is 35.5. The Balaban J connectivity index is 2.07. The molecule has 5 heteroatoms. The number of nitrogens with two attached hydrogens (primary N) is 1. The van der Waals surface area contributed by atoms with E-state index in [2.05, 4.69) is 4.98 Å². The van der Waals surface area contributed by atoms with Crippen LogP contribution in [0.3, 0.4) is 0 Å². The number of aromatic nitrogens is 1. The van der Waals surface area contributed by atoms with Gasteiger partial charge in [0.2, 0.25) is 0 Å². The van der Waals surface area contributed by atoms with Crippen LogP contribution in [0.25, 0.3) is 10.9 Å². The van der Waals surface area contributed by atoms with Crippen molar-refractivity contribution >= 4 is 39.8 Å². The van der Waals surface area contributed by atoms with Gasteiger partial charge >= 0.3 is 0 Å². The smallest absolute Gasteiger partial charge is 0.151 e. The van der Waals surface area contributed by atoms with Gasteiger partial charge in [-0.05, 0) is 36.4 Å². The first kappa shape index (κ1) is 13.0. The van der Waals surface area contributed by atoms with Crippen molar-refractivity contribution in [3.05, 3.63) is 58.7 Å². The van der Waals surface area contributed by atoms with Gasteiger partial charge in [0.1, 0.15) is 10.8 Å². The van der Waals surface area contributed by atoms with E-state index in [-0.39, 0.29) is 0 Å². The van der Waals surface area contributed by atoms with Crippen LogP contribution in [0.1, 0.15) is 0 Å². The van der Waals surface area contributed by atoms with Crippen molar-refractivity contribution in [2.75, 3.05) is 5.73 Å². The van der Waals surface area contributed by atoms with Crippen LogP contribution < -0.4 is 10.5 Å². The second kappa shape index (κ2) is 5.19. The highest BCUT2D eigenvalue weighted by molar-refractivity contribution is 6.42. The molecule has 2 N–H and O–H groups in total. The minimum Gasteiger partial charge on any atom is -0.454 e. The average Bonchev–Trinajstić information content (AvgIpc) is 2.47. The molecule has 2 aromatic carbocycles. The Hall–Kier alpha value is -1.97. The number of rotatable bonds is 2. The molecule has 1 aromatic heterocycles. The molecular weight excluding hydrogens is 295 g/mol. The van der Waals surface area contributed by atoms with Crippen molar-refractivity contribution in [1.29, 1.82) is 0 Å². The molecule has 0 unspecified atom stereocenters. The first-order chi connectivity index (χ1) is 9.66. The van der Waals surface area contributed by atoms with Crippen LogP contribution in [0.4, 0.5) is 5.69 Å². The van der Waals surface area contributed by atoms with Gasteiger partial charge < -0.3 is 10.5 Å². The number of benzene rings is 2. The Morgan fingerprint density at radius 1 is 0.950 bits per heavy atom. The number of hydrogen-bond acceptors (Lipinski definition) is 3. The van der Waals surface area contributed by atoms with Crippen molar-refractivity contribution in [1.82, 2.24) is 4.98 Å². The molecule has 100 valence electrons. The van der Waals surface area contributed by atoms with Gasteiger partial charge in [-0.15, -0.1) is 0 Å². The normalized spacial score (nSPS) is 10.7. The molecule has 20 heavy (non-hydrogen) atoms. The predicted molar refractivity (Wildman–Crippen MR) is 82.7 cm³/mol. The SMILES string of the molecule is Nc1c(Oc2cccc(Cl)c2Cl)ccc2ncccc12. The Kier molecular flexibility index (Phi) is 3.38. The summed E-state index contributed by atoms with van der Waals surface area (Å²) in [6, 6.07) is 12.5. The number of ether oxygens (including phenoxy) is 1. The number of pyridine rings is 1. The number of fused-ring (bicyclic) bond motifs is 1. The summed E-state index contributed by atoms with van der Waals surface area (Å²) in [4.78, 5) is 4.24. The highest BCUT2D eigenvalue weighted by Crippen LogP contribution is 2.38. The fourth-order valence-corrected chi connectivity index (χ4v) is 2.26. The van der Waals surface area contributed by atoms with Gasteiger partial charge in [0, 0.05) is 11.6 Å². The molecular formula is C15H10Cl2N2O. The van der Waals surface area contributed by atoms with Crippen molar-refractivity contribution in [3.63, 3.8) is 0 Å². The zero-order valence-corrected chi connectivity index (χ0v) is 11.8. The summed E-state index contributed by atoms with van der Waals surface area (Å²) >= 11 is 12.1. The third-order valence-electron chi connectivity index (χ3n) is 2.92. The fraction of sp³-hybridized carbons (Fsp3) is 0. The van der Waals surface area contributed by atoms with Crippen molar-refractivity contribution in [2.24, 2.45) is 0 Å². The van der Waals surface area contributed by atoms with E-state index in [0.29, 0.717) is 27.2 Å². The molecule has 3 aromatic rings. The van der Waals surface area contributed by atoms with Crippen LogP contribution >= 0.6 is 23.2 Å². The second-order valence-corrected chi connectivity index (χ2v) is 4.99. The van der Waals surface area contributed by atoms with Gasteiger partial charge in [-0.2, -0.15) is 0 Å². The maximum absolute atomic E-state index is 6.11. The van der Waals surface area contributed by atoms with Gasteiger partial charge in [-0.1, -0.05) is 29.3 Å². The molecule has 0 aliphatic rings. The van der Waals surface area contributed by atoms with Gasteiger partial charge in [0.25, 0.3) is 0 Å². The minimum atomic E-state index is 0.361. The van der Waals surface area contributed by atoms with Crippen LogP contribution in [0.5, 0.6) is 11.5 Å². The van der Waals surface area contributed by atoms with E-state index in [1.165, 1.54) is 0 Å². The lowest BCUT2D eigenvalue weighted by atomic mass is 10.1. The number of anilines is 1. The molecule has 0 spiro atoms. The van der Waals surface area contributed by atoms with Gasteiger partial charge in [-0.25, -0.2) is 0 Å². The first-order valence-corrected chi connectivity index (χ1v) is 6.67. The molecule has 0 aliphatic carbocycles. The number of nitrogen functional groups attached to an aromatic ring is 1. The van der Waals surface area contributed by atoms with Crippen LogP contribution in [0, 0.1) is 0 Å². The second-order valence-electron chi connectivity index (χ2n) is 4.20. The minimum absolute atomic E-state index is 0.361. The lowest BCUT2D eigenvalue weighted by Gasteiger charge is -2.12. The number of halogens is 2. The van der Waals surface area contributed by atoms with Gasteiger partial charge in [-0.3, -0.25) is 4.98 Å². The molecule has 0 atom stereocenters. The van der Waals surface area contributed by atoms with Gasteiger partial charge in [0.15, 0.2) is 5.75 Å². The largest absolute Gasteiger partial charge is 0.454 e. The first-order valence-electron chi connectivity index (χ1n) is 5.92. The molecule has 3 nitrogen and oxygen atoms in total. The third kappa shape index (κ3) is 2.26. The Morgan fingerprint density at radius 3 is 2.65 bits per heavy atom. The van der Waals surface area contributed by atoms with Crippen LogP contribution in [0.15, 0.2) is 48.7 Å². The number of nitrogens with zero attached hydrogens (tertiary/aromatic N) is 1. The molecule has 0 fully saturated rings. The lowest BCUT2D eigenvalue weighted by molar-refractivity contribution is 0.486. The van der Waals surface area contributed by atoms with E-state index in [0.717, 1.165) is 10.9 Å². The number of hydrogen-bond donors (Lipinski definition) is 1. The summed E-state index contributed by atoms with van der Waals surface area (Å²) in [7, 11) is 0. The van der Waals surface area contributed by atoms with Crippen LogP contribution in [-0.2, 0) is 0 Å². The maximum atomic E-state index is 6.11. The van der Waals surface area contributed by atoms with E-state index >= 15 is 0 Å². The van der Waals surface area contributed by atoms with Crippen LogP contribution in [-0.4, -0.2) is 4.98 Å². The Labute approximate surface area is 125 Å². The third-order valence-corrected chi connectivity index (χ3v) is 3.72. The molecule has 0 bridgehead atoms. The molecule has 0 amide bonds. The Morgan fingerprint density at radius 2 is 1.80 bits per heavy atom. The molecule has 0 aliphatic heterocycles. The average molecular weight is 305 g/mol. The predicted octanol–water partition coefficient (Wildman–Crippen LogP) is 4.92. The standard InChI is InChI=1S/C15H10Cl2N2O/c16-10-4-1-5-12(14(10)17)20-13-7-6-11-9(15(13)18)3-2-8-19-11/h1-8H,18H2. The van der Waals surface area contributed by atoms with Crippen molar-refractivity contribution in [3.8, 4) is 11.5 Å². The maximum Gasteiger partial charge on any atom is 0.151 e. The summed E-state index contributed by atoms with van der Waals surface area (Å²) in [5.74, 6) is 0.990. The zero-order chi connectivity index (χ0) is 14.1. The molecule has 1 heterocycles. The zero-order valence-electron chi connectivity index (χ0n) is 10.3. The Bertz CT molecular complexity index is 790. The molecule has 0 saturated carbocycles. The fourth-order valence-electron chi connectivity index (χ4n) is 1.93. The van der Waals surface area contributed by atoms with Gasteiger partial charge in [0.05, 0.1) is 16.2 Å². The van der Waals surface area contributed by atoms with E-state index in [4.69, 9.17) is 33.7 Å². The summed E-state index contributed by atoms with van der Waals surface area (Å²) in [5, 5.41) is 1.63. The molecule has 3 rings (SSSR count). The topological polar surface area (TPSA) is 48.1 Å². The molecule has 0 saturated heterocycles. The highest BCUT2D eigenvalue weighted by Gasteiger charge is 2.10.